The Hall–Kier alpha value is -2.79. The van der Waals surface area contributed by atoms with Gasteiger partial charge in [-0.2, -0.15) is 22.6 Å². The van der Waals surface area contributed by atoms with Crippen LogP contribution in [0, 0.1) is 0 Å². The van der Waals surface area contributed by atoms with Gasteiger partial charge in [0.1, 0.15) is 4.90 Å². The minimum atomic E-state index is -4.44. The molecule has 0 spiro atoms. The van der Waals surface area contributed by atoms with Gasteiger partial charge in [-0.15, -0.1) is 0 Å². The van der Waals surface area contributed by atoms with Crippen molar-refractivity contribution in [1.29, 1.82) is 0 Å². The standard InChI is InChI=1S/C19H18F3N5O2S/c20-19(21,22)15-3-1-2-14(8-15)18-12-23-11-17(26-18)13-4-6-27(7-5-13)30(28,29)16-9-24-25-10-16/h1-3,8-13H,4-7H2,(H,24,25). The lowest BCUT2D eigenvalue weighted by Crippen LogP contribution is -2.37. The van der Waals surface area contributed by atoms with Gasteiger partial charge in [0.2, 0.25) is 10.0 Å². The van der Waals surface area contributed by atoms with E-state index >= 15 is 0 Å². The molecule has 7 nitrogen and oxygen atoms in total. The lowest BCUT2D eigenvalue weighted by atomic mass is 9.94. The predicted octanol–water partition coefficient (Wildman–Crippen LogP) is 3.45. The molecule has 0 bridgehead atoms. The molecule has 0 amide bonds. The lowest BCUT2D eigenvalue weighted by Gasteiger charge is -2.30. The number of halogens is 3. The van der Waals surface area contributed by atoms with Gasteiger partial charge in [0.15, 0.2) is 0 Å². The summed E-state index contributed by atoms with van der Waals surface area (Å²) in [6, 6.07) is 4.96. The number of aromatic nitrogens is 4. The van der Waals surface area contributed by atoms with Crippen molar-refractivity contribution in [2.75, 3.05) is 13.1 Å². The highest BCUT2D eigenvalue weighted by atomic mass is 32.2. The molecule has 1 aliphatic rings. The first-order chi connectivity index (χ1) is 14.2. The topological polar surface area (TPSA) is 91.8 Å². The summed E-state index contributed by atoms with van der Waals surface area (Å²) in [5, 5.41) is 6.19. The molecule has 158 valence electrons. The number of rotatable bonds is 4. The van der Waals surface area contributed by atoms with E-state index in [9.17, 15) is 21.6 Å². The summed E-state index contributed by atoms with van der Waals surface area (Å²) in [5.74, 6) is -0.0287. The summed E-state index contributed by atoms with van der Waals surface area (Å²) in [7, 11) is -3.60. The van der Waals surface area contributed by atoms with E-state index in [0.717, 1.165) is 12.1 Å². The summed E-state index contributed by atoms with van der Waals surface area (Å²) in [6.45, 7) is 0.626. The van der Waals surface area contributed by atoms with E-state index in [1.54, 1.807) is 12.3 Å². The Kier molecular flexibility index (Phi) is 5.33. The van der Waals surface area contributed by atoms with Crippen molar-refractivity contribution in [3.8, 4) is 11.3 Å². The molecule has 0 saturated carbocycles. The molecule has 11 heteroatoms. The zero-order valence-electron chi connectivity index (χ0n) is 15.7. The largest absolute Gasteiger partial charge is 0.416 e. The second-order valence-corrected chi connectivity index (χ2v) is 8.96. The highest BCUT2D eigenvalue weighted by Gasteiger charge is 2.32. The summed E-state index contributed by atoms with van der Waals surface area (Å²) >= 11 is 0. The van der Waals surface area contributed by atoms with Gasteiger partial charge in [0, 0.05) is 37.0 Å². The van der Waals surface area contributed by atoms with E-state index in [-0.39, 0.29) is 10.8 Å². The normalized spacial score (nSPS) is 16.6. The Morgan fingerprint density at radius 1 is 1.10 bits per heavy atom. The maximum Gasteiger partial charge on any atom is 0.416 e. The van der Waals surface area contributed by atoms with Crippen molar-refractivity contribution < 1.29 is 21.6 Å². The quantitative estimate of drug-likeness (QED) is 0.675. The number of nitrogens with one attached hydrogen (secondary N) is 1. The molecular formula is C19H18F3N5O2S. The maximum atomic E-state index is 13.0. The van der Waals surface area contributed by atoms with Gasteiger partial charge in [-0.1, -0.05) is 12.1 Å². The molecule has 0 aliphatic carbocycles. The Bertz CT molecular complexity index is 1130. The van der Waals surface area contributed by atoms with Gasteiger partial charge in [-0.05, 0) is 25.0 Å². The molecular weight excluding hydrogens is 419 g/mol. The summed E-state index contributed by atoms with van der Waals surface area (Å²) in [4.78, 5) is 8.78. The molecule has 0 radical (unpaired) electrons. The second-order valence-electron chi connectivity index (χ2n) is 7.02. The third-order valence-electron chi connectivity index (χ3n) is 5.12. The first-order valence-electron chi connectivity index (χ1n) is 9.23. The number of H-pyrrole nitrogens is 1. The number of benzene rings is 1. The molecule has 1 fully saturated rings. The summed E-state index contributed by atoms with van der Waals surface area (Å²) < 4.78 is 65.6. The molecule has 2 aromatic heterocycles. The average molecular weight is 437 g/mol. The fourth-order valence-electron chi connectivity index (χ4n) is 3.49. The van der Waals surface area contributed by atoms with Gasteiger partial charge in [-0.3, -0.25) is 10.1 Å². The van der Waals surface area contributed by atoms with Crippen LogP contribution in [0.25, 0.3) is 11.3 Å². The van der Waals surface area contributed by atoms with Gasteiger partial charge in [-0.25, -0.2) is 13.4 Å². The van der Waals surface area contributed by atoms with Crippen molar-refractivity contribution >= 4 is 10.0 Å². The molecule has 1 saturated heterocycles. The highest BCUT2D eigenvalue weighted by molar-refractivity contribution is 7.89. The minimum absolute atomic E-state index is 0.0287. The fourth-order valence-corrected chi connectivity index (χ4v) is 4.87. The minimum Gasteiger partial charge on any atom is -0.284 e. The number of nitrogens with zero attached hydrogens (tertiary/aromatic N) is 4. The molecule has 1 aromatic carbocycles. The van der Waals surface area contributed by atoms with Gasteiger partial charge < -0.3 is 0 Å². The molecule has 0 atom stereocenters. The lowest BCUT2D eigenvalue weighted by molar-refractivity contribution is -0.137. The summed E-state index contributed by atoms with van der Waals surface area (Å²) in [6.07, 6.45) is 2.26. The van der Waals surface area contributed by atoms with Crippen molar-refractivity contribution in [3.05, 3.63) is 60.3 Å². The zero-order valence-corrected chi connectivity index (χ0v) is 16.5. The van der Waals surface area contributed by atoms with Crippen LogP contribution in [0.3, 0.4) is 0 Å². The maximum absolute atomic E-state index is 13.0. The van der Waals surface area contributed by atoms with E-state index in [1.807, 2.05) is 0 Å². The predicted molar refractivity (Wildman–Crippen MR) is 102 cm³/mol. The summed E-state index contributed by atoms with van der Waals surface area (Å²) in [5.41, 5.74) is 0.585. The number of hydrogen-bond donors (Lipinski definition) is 1. The number of sulfonamides is 1. The first-order valence-corrected chi connectivity index (χ1v) is 10.7. The second kappa shape index (κ2) is 7.80. The molecule has 30 heavy (non-hydrogen) atoms. The fraction of sp³-hybridized carbons (Fsp3) is 0.316. The molecule has 1 aliphatic heterocycles. The van der Waals surface area contributed by atoms with E-state index in [0.29, 0.717) is 42.9 Å². The Balaban J connectivity index is 1.51. The van der Waals surface area contributed by atoms with Crippen molar-refractivity contribution in [3.63, 3.8) is 0 Å². The molecule has 3 aromatic rings. The van der Waals surface area contributed by atoms with Crippen LogP contribution in [0.15, 0.2) is 53.9 Å². The van der Waals surface area contributed by atoms with E-state index in [1.165, 1.54) is 29.0 Å². The number of aromatic amines is 1. The average Bonchev–Trinajstić information content (AvgIpc) is 3.29. The van der Waals surface area contributed by atoms with Gasteiger partial charge in [0.25, 0.3) is 0 Å². The van der Waals surface area contributed by atoms with Crippen LogP contribution in [-0.2, 0) is 16.2 Å². The molecule has 3 heterocycles. The number of piperidine rings is 1. The molecule has 1 N–H and O–H groups in total. The van der Waals surface area contributed by atoms with E-state index < -0.39 is 21.8 Å². The Labute approximate surface area is 171 Å². The monoisotopic (exact) mass is 437 g/mol. The van der Waals surface area contributed by atoms with E-state index in [2.05, 4.69) is 20.2 Å². The highest BCUT2D eigenvalue weighted by Crippen LogP contribution is 2.33. The molecule has 4 rings (SSSR count). The molecule has 0 unspecified atom stereocenters. The Morgan fingerprint density at radius 2 is 1.87 bits per heavy atom. The van der Waals surface area contributed by atoms with Crippen molar-refractivity contribution in [2.24, 2.45) is 0 Å². The van der Waals surface area contributed by atoms with Crippen LogP contribution >= 0.6 is 0 Å². The van der Waals surface area contributed by atoms with Crippen LogP contribution in [-0.4, -0.2) is 46.0 Å². The van der Waals surface area contributed by atoms with E-state index in [4.69, 9.17) is 0 Å². The van der Waals surface area contributed by atoms with Crippen LogP contribution < -0.4 is 0 Å². The third kappa shape index (κ3) is 4.08. The Morgan fingerprint density at radius 3 is 2.53 bits per heavy atom. The van der Waals surface area contributed by atoms with Crippen LogP contribution in [0.1, 0.15) is 30.0 Å². The van der Waals surface area contributed by atoms with Crippen LogP contribution in [0.4, 0.5) is 13.2 Å². The smallest absolute Gasteiger partial charge is 0.284 e. The van der Waals surface area contributed by atoms with Gasteiger partial charge in [0.05, 0.1) is 29.3 Å². The van der Waals surface area contributed by atoms with Gasteiger partial charge >= 0.3 is 6.18 Å². The number of alkyl halides is 3. The number of hydrogen-bond acceptors (Lipinski definition) is 5. The van der Waals surface area contributed by atoms with Crippen LogP contribution in [0.2, 0.25) is 0 Å². The van der Waals surface area contributed by atoms with Crippen LogP contribution in [0.5, 0.6) is 0 Å². The van der Waals surface area contributed by atoms with Crippen molar-refractivity contribution in [1.82, 2.24) is 24.5 Å². The SMILES string of the molecule is O=S(=O)(c1cn[nH]c1)N1CCC(c2cncc(-c3cccc(C(F)(F)F)c3)n2)CC1. The van der Waals surface area contributed by atoms with Crippen molar-refractivity contribution in [2.45, 2.75) is 29.8 Å². The third-order valence-corrected chi connectivity index (χ3v) is 6.99. The zero-order chi connectivity index (χ0) is 21.4. The first kappa shape index (κ1) is 20.5.